The Bertz CT molecular complexity index is 763. The maximum absolute atomic E-state index is 12.1. The Hall–Kier alpha value is -1.96. The lowest BCUT2D eigenvalue weighted by Gasteiger charge is -2.33. The number of likely N-dealkylation sites (tertiary alicyclic amines) is 1. The highest BCUT2D eigenvalue weighted by Gasteiger charge is 2.26. The number of aromatic nitrogens is 3. The Morgan fingerprint density at radius 1 is 1.38 bits per heavy atom. The summed E-state index contributed by atoms with van der Waals surface area (Å²) in [7, 11) is 0. The number of carbonyl (C=O) groups excluding carboxylic acids is 1. The molecule has 0 bridgehead atoms. The lowest BCUT2D eigenvalue weighted by atomic mass is 9.97. The largest absolute Gasteiger partial charge is 0.444 e. The zero-order valence-corrected chi connectivity index (χ0v) is 16.7. The first-order chi connectivity index (χ1) is 12.4. The second-order valence-corrected chi connectivity index (χ2v) is 8.40. The van der Waals surface area contributed by atoms with Crippen LogP contribution in [0.4, 0.5) is 10.6 Å². The second-order valence-electron chi connectivity index (χ2n) is 7.58. The molecule has 1 amide bonds. The summed E-state index contributed by atoms with van der Waals surface area (Å²) >= 11 is 1.65. The summed E-state index contributed by atoms with van der Waals surface area (Å²) in [5.74, 6) is 1.39. The molecule has 1 N–H and O–H groups in total. The normalized spacial score (nSPS) is 16.1. The highest BCUT2D eigenvalue weighted by atomic mass is 32.2. The van der Waals surface area contributed by atoms with Gasteiger partial charge in [-0.1, -0.05) is 0 Å². The van der Waals surface area contributed by atoms with Gasteiger partial charge in [0.25, 0.3) is 0 Å². The van der Waals surface area contributed by atoms with Gasteiger partial charge in [-0.15, -0.1) is 11.8 Å². The van der Waals surface area contributed by atoms with E-state index in [2.05, 4.69) is 15.4 Å². The van der Waals surface area contributed by atoms with Crippen molar-refractivity contribution in [2.75, 3.05) is 31.2 Å². The Kier molecular flexibility index (Phi) is 5.60. The average Bonchev–Trinajstić information content (AvgIpc) is 3.06. The number of hydrogen-bond donors (Lipinski definition) is 1. The van der Waals surface area contributed by atoms with Crippen molar-refractivity contribution >= 4 is 29.3 Å². The Morgan fingerprint density at radius 2 is 2.12 bits per heavy atom. The van der Waals surface area contributed by atoms with E-state index in [9.17, 15) is 4.79 Å². The lowest BCUT2D eigenvalue weighted by molar-refractivity contribution is 0.0188. The van der Waals surface area contributed by atoms with Gasteiger partial charge in [0, 0.05) is 31.8 Å². The van der Waals surface area contributed by atoms with E-state index in [-0.39, 0.29) is 6.09 Å². The van der Waals surface area contributed by atoms with Crippen molar-refractivity contribution in [2.24, 2.45) is 5.92 Å². The third-order valence-corrected chi connectivity index (χ3v) is 5.08. The van der Waals surface area contributed by atoms with E-state index < -0.39 is 5.60 Å². The van der Waals surface area contributed by atoms with Crippen LogP contribution in [-0.4, -0.2) is 57.1 Å². The maximum Gasteiger partial charge on any atom is 0.410 e. The highest BCUT2D eigenvalue weighted by Crippen LogP contribution is 2.22. The number of hydrogen-bond acceptors (Lipinski definition) is 6. The number of nitrogens with one attached hydrogen (secondary N) is 1. The molecule has 3 heterocycles. The lowest BCUT2D eigenvalue weighted by Crippen LogP contribution is -2.42. The molecule has 1 aliphatic heterocycles. The van der Waals surface area contributed by atoms with Crippen molar-refractivity contribution in [1.82, 2.24) is 19.5 Å². The van der Waals surface area contributed by atoms with Crippen molar-refractivity contribution in [3.8, 4) is 0 Å². The molecule has 8 heteroatoms. The highest BCUT2D eigenvalue weighted by molar-refractivity contribution is 7.98. The molecule has 0 atom stereocenters. The van der Waals surface area contributed by atoms with Crippen LogP contribution in [0.1, 0.15) is 33.6 Å². The fourth-order valence-electron chi connectivity index (χ4n) is 3.02. The number of piperidine rings is 1. The molecule has 0 spiro atoms. The number of thioether (sulfide) groups is 1. The minimum atomic E-state index is -0.442. The third kappa shape index (κ3) is 4.60. The first-order valence-electron chi connectivity index (χ1n) is 8.96. The Morgan fingerprint density at radius 3 is 2.77 bits per heavy atom. The molecule has 2 aromatic rings. The zero-order chi connectivity index (χ0) is 18.7. The van der Waals surface area contributed by atoms with Crippen molar-refractivity contribution in [2.45, 2.75) is 44.2 Å². The topological polar surface area (TPSA) is 71.8 Å². The van der Waals surface area contributed by atoms with Crippen molar-refractivity contribution < 1.29 is 9.53 Å². The summed E-state index contributed by atoms with van der Waals surface area (Å²) in [6, 6.07) is 3.94. The first kappa shape index (κ1) is 18.8. The molecule has 26 heavy (non-hydrogen) atoms. The van der Waals surface area contributed by atoms with Crippen molar-refractivity contribution in [3.63, 3.8) is 0 Å². The number of rotatable bonds is 4. The molecule has 0 aliphatic carbocycles. The number of fused-ring (bicyclic) bond motifs is 1. The summed E-state index contributed by atoms with van der Waals surface area (Å²) in [4.78, 5) is 18.5. The molecule has 0 radical (unpaired) electrons. The SMILES string of the molecule is CSc1cc(NCC2CCN(C(=O)OC(C)(C)C)CC2)nc2ccnn12. The van der Waals surface area contributed by atoms with Gasteiger partial charge in [-0.2, -0.15) is 5.10 Å². The molecule has 2 aromatic heterocycles. The number of nitrogens with zero attached hydrogens (tertiary/aromatic N) is 4. The average molecular weight is 378 g/mol. The van der Waals surface area contributed by atoms with Gasteiger partial charge in [0.05, 0.1) is 6.20 Å². The molecule has 0 aromatic carbocycles. The molecule has 1 saturated heterocycles. The number of carbonyl (C=O) groups is 1. The third-order valence-electron chi connectivity index (χ3n) is 4.37. The van der Waals surface area contributed by atoms with Gasteiger partial charge in [-0.3, -0.25) is 0 Å². The molecule has 142 valence electrons. The van der Waals surface area contributed by atoms with Crippen LogP contribution in [0.2, 0.25) is 0 Å². The van der Waals surface area contributed by atoms with Crippen LogP contribution in [0, 0.1) is 5.92 Å². The first-order valence-corrected chi connectivity index (χ1v) is 10.2. The van der Waals surface area contributed by atoms with E-state index in [0.29, 0.717) is 5.92 Å². The van der Waals surface area contributed by atoms with Crippen LogP contribution < -0.4 is 5.32 Å². The molecular formula is C18H27N5O2S. The van der Waals surface area contributed by atoms with Crippen molar-refractivity contribution in [3.05, 3.63) is 18.3 Å². The van der Waals surface area contributed by atoms with E-state index in [1.54, 1.807) is 18.0 Å². The fourth-order valence-corrected chi connectivity index (χ4v) is 3.56. The Labute approximate surface area is 158 Å². The quantitative estimate of drug-likeness (QED) is 0.649. The van der Waals surface area contributed by atoms with Gasteiger partial charge < -0.3 is 15.0 Å². The smallest absolute Gasteiger partial charge is 0.410 e. The van der Waals surface area contributed by atoms with E-state index in [1.807, 2.05) is 48.6 Å². The van der Waals surface area contributed by atoms with E-state index >= 15 is 0 Å². The monoisotopic (exact) mass is 377 g/mol. The molecular weight excluding hydrogens is 350 g/mol. The van der Waals surface area contributed by atoms with Crippen LogP contribution in [-0.2, 0) is 4.74 Å². The van der Waals surface area contributed by atoms with Gasteiger partial charge in [-0.05, 0) is 45.8 Å². The van der Waals surface area contributed by atoms with Crippen LogP contribution in [0.15, 0.2) is 23.4 Å². The molecule has 0 unspecified atom stereocenters. The second kappa shape index (κ2) is 7.73. The zero-order valence-electron chi connectivity index (χ0n) is 15.9. The van der Waals surface area contributed by atoms with E-state index in [1.165, 1.54) is 0 Å². The van der Waals surface area contributed by atoms with Gasteiger partial charge in [0.2, 0.25) is 0 Å². The molecule has 1 aliphatic rings. The summed E-state index contributed by atoms with van der Waals surface area (Å²) in [6.45, 7) is 8.03. The molecule has 1 fully saturated rings. The molecule has 7 nitrogen and oxygen atoms in total. The van der Waals surface area contributed by atoms with E-state index in [0.717, 1.165) is 49.0 Å². The van der Waals surface area contributed by atoms with Crippen LogP contribution in [0.25, 0.3) is 5.65 Å². The van der Waals surface area contributed by atoms with E-state index in [4.69, 9.17) is 4.74 Å². The minimum Gasteiger partial charge on any atom is -0.444 e. The van der Waals surface area contributed by atoms with Gasteiger partial charge in [0.1, 0.15) is 16.4 Å². The number of anilines is 1. The van der Waals surface area contributed by atoms with Crippen LogP contribution in [0.5, 0.6) is 0 Å². The maximum atomic E-state index is 12.1. The molecule has 0 saturated carbocycles. The summed E-state index contributed by atoms with van der Waals surface area (Å²) in [6.07, 6.45) is 5.53. The summed E-state index contributed by atoms with van der Waals surface area (Å²) in [5, 5.41) is 8.80. The predicted molar refractivity (Wildman–Crippen MR) is 104 cm³/mol. The van der Waals surface area contributed by atoms with Crippen LogP contribution in [0.3, 0.4) is 0 Å². The predicted octanol–water partition coefficient (Wildman–Crippen LogP) is 3.51. The summed E-state index contributed by atoms with van der Waals surface area (Å²) < 4.78 is 7.29. The van der Waals surface area contributed by atoms with Gasteiger partial charge in [-0.25, -0.2) is 14.3 Å². The number of ether oxygens (including phenoxy) is 1. The minimum absolute atomic E-state index is 0.207. The summed E-state index contributed by atoms with van der Waals surface area (Å²) in [5.41, 5.74) is 0.404. The van der Waals surface area contributed by atoms with Gasteiger partial charge >= 0.3 is 6.09 Å². The standard InChI is InChI=1S/C18H27N5O2S/c1-18(2,3)25-17(24)22-9-6-13(7-10-22)12-19-14-11-16(26-4)23-15(21-14)5-8-20-23/h5,8,11,13H,6-7,9-10,12H2,1-4H3,(H,19,21). The van der Waals surface area contributed by atoms with Crippen molar-refractivity contribution in [1.29, 1.82) is 0 Å². The van der Waals surface area contributed by atoms with Gasteiger partial charge in [0.15, 0.2) is 5.65 Å². The Balaban J connectivity index is 1.52. The fraction of sp³-hybridized carbons (Fsp3) is 0.611. The molecule has 3 rings (SSSR count). The van der Waals surface area contributed by atoms with Crippen LogP contribution >= 0.6 is 11.8 Å². The number of amides is 1.